The van der Waals surface area contributed by atoms with Gasteiger partial charge >= 0.3 is 0 Å². The molecule has 0 saturated heterocycles. The molecular weight excluding hydrogens is 548 g/mol. The number of aromatic hydroxyl groups is 3. The van der Waals surface area contributed by atoms with Crippen molar-refractivity contribution in [3.05, 3.63) is 99.6 Å². The number of fused-ring (bicyclic) bond motifs is 8. The Morgan fingerprint density at radius 2 is 0.923 bits per heavy atom. The lowest BCUT2D eigenvalue weighted by molar-refractivity contribution is 0.453. The van der Waals surface area contributed by atoms with Crippen molar-refractivity contribution < 1.29 is 41.3 Å². The number of hydrogen-bond donors (Lipinski definition) is 5. The van der Waals surface area contributed by atoms with Gasteiger partial charge in [0.05, 0.1) is 21.2 Å². The van der Waals surface area contributed by atoms with Crippen molar-refractivity contribution in [3.8, 4) is 17.2 Å². The van der Waals surface area contributed by atoms with Crippen LogP contribution < -0.4 is 0 Å². The summed E-state index contributed by atoms with van der Waals surface area (Å²) in [5, 5.41) is 33.1. The molecule has 0 aliphatic carbocycles. The fraction of sp³-hybridized carbons (Fsp3) is 0.154. The average Bonchev–Trinajstić information content (AvgIpc) is 2.84. The molecule has 0 unspecified atom stereocenters. The average molecular weight is 571 g/mol. The molecule has 1 aliphatic rings. The molecule has 5 rings (SSSR count). The summed E-state index contributed by atoms with van der Waals surface area (Å²) >= 11 is 0. The van der Waals surface area contributed by atoms with E-state index in [-0.39, 0.29) is 65.2 Å². The number of hydrogen-bond acceptors (Lipinski definition) is 9. The first-order valence-electron chi connectivity index (χ1n) is 11.5. The monoisotopic (exact) mass is 570 g/mol. The highest BCUT2D eigenvalue weighted by Gasteiger charge is 2.22. The zero-order valence-electron chi connectivity index (χ0n) is 20.1. The van der Waals surface area contributed by atoms with E-state index in [9.17, 15) is 41.3 Å². The Labute approximate surface area is 223 Å². The smallest absolute Gasteiger partial charge is 0.294 e. The molecule has 3 aromatic carbocycles. The molecule has 1 aliphatic heterocycles. The molecule has 1 aromatic heterocycles. The standard InChI is InChI=1S/C26H22N2O9S2/c29-24-14-2-1-3-15(24)5-17-9-23(39(35,36)37)11-19(26(17)31)7-21-13-27-12-20(28-21)6-18-10-22(38(32,33)34)8-16(4-14)25(18)30/h1-3,8-13,29-31H,4-7H2,(H,32,33,34)(H,35,36,37). The van der Waals surface area contributed by atoms with E-state index in [2.05, 4.69) is 9.97 Å². The van der Waals surface area contributed by atoms with Gasteiger partial charge in [-0.3, -0.25) is 19.1 Å². The first-order valence-corrected chi connectivity index (χ1v) is 14.4. The van der Waals surface area contributed by atoms with Gasteiger partial charge in [0, 0.05) is 60.3 Å². The zero-order chi connectivity index (χ0) is 28.1. The molecule has 0 spiro atoms. The number of para-hydroxylation sites is 1. The molecule has 202 valence electrons. The van der Waals surface area contributed by atoms with Crippen LogP contribution in [0.5, 0.6) is 17.2 Å². The molecule has 2 heterocycles. The summed E-state index contributed by atoms with van der Waals surface area (Å²) in [7, 11) is -9.28. The van der Waals surface area contributed by atoms with Gasteiger partial charge < -0.3 is 15.3 Å². The minimum atomic E-state index is -4.64. The molecule has 39 heavy (non-hydrogen) atoms. The van der Waals surface area contributed by atoms with Crippen LogP contribution in [0.4, 0.5) is 0 Å². The van der Waals surface area contributed by atoms with Crippen LogP contribution >= 0.6 is 0 Å². The van der Waals surface area contributed by atoms with Gasteiger partial charge in [0.15, 0.2) is 0 Å². The van der Waals surface area contributed by atoms with Crippen molar-refractivity contribution in [3.63, 3.8) is 0 Å². The van der Waals surface area contributed by atoms with Crippen molar-refractivity contribution in [1.82, 2.24) is 9.97 Å². The third-order valence-corrected chi connectivity index (χ3v) is 8.18. The van der Waals surface area contributed by atoms with Gasteiger partial charge in [0.2, 0.25) is 0 Å². The van der Waals surface area contributed by atoms with Crippen molar-refractivity contribution in [1.29, 1.82) is 0 Å². The number of nitrogens with zero attached hydrogens (tertiary/aromatic N) is 2. The van der Waals surface area contributed by atoms with E-state index in [4.69, 9.17) is 0 Å². The van der Waals surface area contributed by atoms with Crippen LogP contribution in [0.3, 0.4) is 0 Å². The minimum absolute atomic E-state index is 0.0860. The van der Waals surface area contributed by atoms with Crippen LogP contribution in [0, 0.1) is 0 Å². The van der Waals surface area contributed by atoms with E-state index in [0.717, 1.165) is 24.3 Å². The largest absolute Gasteiger partial charge is 0.507 e. The number of aromatic nitrogens is 2. The second-order valence-electron chi connectivity index (χ2n) is 9.26. The maximum absolute atomic E-state index is 12.0. The Hall–Kier alpha value is -4.04. The quantitative estimate of drug-likeness (QED) is 0.196. The second kappa shape index (κ2) is 9.61. The van der Waals surface area contributed by atoms with E-state index in [0.29, 0.717) is 22.5 Å². The first kappa shape index (κ1) is 26.6. The number of rotatable bonds is 2. The molecule has 0 saturated carbocycles. The van der Waals surface area contributed by atoms with Gasteiger partial charge in [-0.05, 0) is 35.4 Å². The van der Waals surface area contributed by atoms with Crippen LogP contribution in [0.1, 0.15) is 44.8 Å². The maximum Gasteiger partial charge on any atom is 0.294 e. The Morgan fingerprint density at radius 1 is 0.564 bits per heavy atom. The van der Waals surface area contributed by atoms with Crippen LogP contribution in [0.2, 0.25) is 0 Å². The topological polar surface area (TPSA) is 195 Å². The van der Waals surface area contributed by atoms with Crippen LogP contribution in [0.25, 0.3) is 0 Å². The van der Waals surface area contributed by atoms with Crippen molar-refractivity contribution in [2.45, 2.75) is 35.5 Å². The highest BCUT2D eigenvalue weighted by molar-refractivity contribution is 7.86. The molecule has 4 aromatic rings. The van der Waals surface area contributed by atoms with Crippen LogP contribution in [-0.2, 0) is 45.9 Å². The van der Waals surface area contributed by atoms with Gasteiger partial charge in [-0.2, -0.15) is 16.8 Å². The van der Waals surface area contributed by atoms with E-state index in [1.165, 1.54) is 12.4 Å². The van der Waals surface area contributed by atoms with E-state index >= 15 is 0 Å². The van der Waals surface area contributed by atoms with Crippen molar-refractivity contribution in [2.75, 3.05) is 0 Å². The van der Waals surface area contributed by atoms with Gasteiger partial charge in [0.1, 0.15) is 17.2 Å². The third kappa shape index (κ3) is 5.43. The third-order valence-electron chi connectivity index (χ3n) is 6.52. The summed E-state index contributed by atoms with van der Waals surface area (Å²) < 4.78 is 67.5. The van der Waals surface area contributed by atoms with Gasteiger partial charge in [-0.1, -0.05) is 18.2 Å². The maximum atomic E-state index is 12.0. The molecule has 8 bridgehead atoms. The lowest BCUT2D eigenvalue weighted by Crippen LogP contribution is -2.07. The number of phenolic OH excluding ortho intramolecular Hbond substituents is 3. The molecule has 13 heteroatoms. The Kier molecular flexibility index (Phi) is 6.55. The molecule has 0 fully saturated rings. The minimum Gasteiger partial charge on any atom is -0.507 e. The predicted octanol–water partition coefficient (Wildman–Crippen LogP) is 2.76. The SMILES string of the molecule is O=S(=O)(O)c1cc2c(O)c(c1)Cc1cccc(c1O)Cc1cc(S(=O)(=O)O)cc(c1O)Cc1cncc(n1)C2. The molecule has 0 amide bonds. The van der Waals surface area contributed by atoms with Gasteiger partial charge in [-0.25, -0.2) is 0 Å². The summed E-state index contributed by atoms with van der Waals surface area (Å²) in [6.45, 7) is 0. The summed E-state index contributed by atoms with van der Waals surface area (Å²) in [5.74, 6) is -0.712. The number of phenols is 3. The Morgan fingerprint density at radius 3 is 1.31 bits per heavy atom. The molecular formula is C26H22N2O9S2. The summed E-state index contributed by atoms with van der Waals surface area (Å²) in [6.07, 6.45) is 2.35. The normalized spacial score (nSPS) is 13.7. The molecule has 11 nitrogen and oxygen atoms in total. The molecule has 0 atom stereocenters. The molecule has 5 N–H and O–H groups in total. The summed E-state index contributed by atoms with van der Waals surface area (Å²) in [4.78, 5) is 7.71. The predicted molar refractivity (Wildman–Crippen MR) is 137 cm³/mol. The summed E-state index contributed by atoms with van der Waals surface area (Å²) in [6, 6.07) is 9.17. The van der Waals surface area contributed by atoms with Crippen LogP contribution in [-0.4, -0.2) is 51.2 Å². The van der Waals surface area contributed by atoms with E-state index < -0.39 is 30.0 Å². The molecule has 0 radical (unpaired) electrons. The lowest BCUT2D eigenvalue weighted by Gasteiger charge is -2.17. The van der Waals surface area contributed by atoms with E-state index in [1.807, 2.05) is 0 Å². The highest BCUT2D eigenvalue weighted by Crippen LogP contribution is 2.36. The zero-order valence-corrected chi connectivity index (χ0v) is 21.7. The fourth-order valence-electron chi connectivity index (χ4n) is 4.65. The fourth-order valence-corrected chi connectivity index (χ4v) is 5.81. The second-order valence-corrected chi connectivity index (χ2v) is 12.1. The Bertz CT molecular complexity index is 1730. The Balaban J connectivity index is 1.77. The van der Waals surface area contributed by atoms with Crippen molar-refractivity contribution in [2.24, 2.45) is 0 Å². The van der Waals surface area contributed by atoms with Crippen LogP contribution in [0.15, 0.2) is 64.6 Å². The van der Waals surface area contributed by atoms with Gasteiger partial charge in [-0.15, -0.1) is 0 Å². The van der Waals surface area contributed by atoms with E-state index in [1.54, 1.807) is 18.2 Å². The number of benzene rings is 3. The summed E-state index contributed by atoms with van der Waals surface area (Å²) in [5.41, 5.74) is 1.69. The lowest BCUT2D eigenvalue weighted by atomic mass is 9.94. The first-order chi connectivity index (χ1) is 18.3. The van der Waals surface area contributed by atoms with Gasteiger partial charge in [0.25, 0.3) is 20.2 Å². The highest BCUT2D eigenvalue weighted by atomic mass is 32.2. The van der Waals surface area contributed by atoms with Crippen molar-refractivity contribution >= 4 is 20.2 Å².